The molecule has 0 spiro atoms. The van der Waals surface area contributed by atoms with Crippen LogP contribution in [0.4, 0.5) is 4.39 Å². The van der Waals surface area contributed by atoms with Crippen molar-refractivity contribution in [1.29, 1.82) is 0 Å². The Hall–Kier alpha value is -1.15. The van der Waals surface area contributed by atoms with E-state index in [4.69, 9.17) is 9.31 Å². The van der Waals surface area contributed by atoms with Crippen LogP contribution in [0.25, 0.3) is 0 Å². The Kier molecular flexibility index (Phi) is 6.62. The van der Waals surface area contributed by atoms with Crippen LogP contribution < -0.4 is 10.8 Å². The number of nitrogens with zero attached hydrogens (tertiary/aromatic N) is 1. The van der Waals surface area contributed by atoms with Crippen LogP contribution in [0.2, 0.25) is 0 Å². The van der Waals surface area contributed by atoms with Gasteiger partial charge in [0.05, 0.1) is 16.8 Å². The Labute approximate surface area is 167 Å². The van der Waals surface area contributed by atoms with E-state index in [1.807, 2.05) is 34.7 Å². The maximum absolute atomic E-state index is 14.7. The van der Waals surface area contributed by atoms with E-state index in [1.165, 1.54) is 6.07 Å². The molecule has 3 rings (SSSR count). The van der Waals surface area contributed by atoms with Gasteiger partial charge in [-0.25, -0.2) is 4.39 Å². The summed E-state index contributed by atoms with van der Waals surface area (Å²) in [5, 5.41) is 3.20. The lowest BCUT2D eigenvalue weighted by Crippen LogP contribution is -2.47. The fourth-order valence-corrected chi connectivity index (χ4v) is 3.40. The number of piperidine rings is 1. The van der Waals surface area contributed by atoms with Gasteiger partial charge in [-0.05, 0) is 65.2 Å². The molecule has 0 bridgehead atoms. The highest BCUT2D eigenvalue weighted by Gasteiger charge is 2.51. The molecule has 0 radical (unpaired) electrons. The summed E-state index contributed by atoms with van der Waals surface area (Å²) in [5.41, 5.74) is -0.288. The average molecular weight is 399 g/mol. The Morgan fingerprint density at radius 2 is 1.89 bits per heavy atom. The van der Waals surface area contributed by atoms with Gasteiger partial charge in [0.2, 0.25) is 0 Å². The van der Waals surface area contributed by atoms with Crippen molar-refractivity contribution in [3.05, 3.63) is 29.6 Å². The van der Waals surface area contributed by atoms with Gasteiger partial charge in [0, 0.05) is 19.1 Å². The third-order valence-electron chi connectivity index (χ3n) is 5.87. The summed E-state index contributed by atoms with van der Waals surface area (Å²) >= 11 is 0. The summed E-state index contributed by atoms with van der Waals surface area (Å²) in [6.07, 6.45) is 1.95. The molecule has 150 valence electrons. The summed E-state index contributed by atoms with van der Waals surface area (Å²) in [6, 6.07) is 4.88. The number of carbonyl (C=O) groups is 1. The standard InChI is InChI=1S/C19H28BFN2O3.ClH/c1-18(2)19(3,4)26-20(25-18)13-8-9-15(16(21)11-13)17(24)23-10-6-7-14(12-23)22-5;/h8-9,11,14,22H,6-7,10,12H2,1-5H3;1H. The van der Waals surface area contributed by atoms with Crippen LogP contribution in [0.1, 0.15) is 50.9 Å². The Bertz CT molecular complexity index is 686. The van der Waals surface area contributed by atoms with Gasteiger partial charge in [-0.3, -0.25) is 4.79 Å². The van der Waals surface area contributed by atoms with Crippen molar-refractivity contribution in [2.45, 2.75) is 57.8 Å². The molecule has 2 aliphatic rings. The summed E-state index contributed by atoms with van der Waals surface area (Å²) in [4.78, 5) is 14.4. The minimum absolute atomic E-state index is 0. The van der Waals surface area contributed by atoms with E-state index >= 15 is 0 Å². The van der Waals surface area contributed by atoms with Crippen molar-refractivity contribution >= 4 is 30.9 Å². The molecule has 1 aromatic carbocycles. The first-order chi connectivity index (χ1) is 12.1. The number of likely N-dealkylation sites (N-methyl/N-ethyl adjacent to an activating group) is 1. The first-order valence-corrected chi connectivity index (χ1v) is 9.26. The fraction of sp³-hybridized carbons (Fsp3) is 0.632. The van der Waals surface area contributed by atoms with Gasteiger partial charge in [0.1, 0.15) is 5.82 Å². The predicted octanol–water partition coefficient (Wildman–Crippen LogP) is 2.37. The first kappa shape index (κ1) is 22.1. The topological polar surface area (TPSA) is 50.8 Å². The van der Waals surface area contributed by atoms with Crippen LogP contribution in [0.3, 0.4) is 0 Å². The predicted molar refractivity (Wildman–Crippen MR) is 107 cm³/mol. The largest absolute Gasteiger partial charge is 0.494 e. The van der Waals surface area contributed by atoms with Gasteiger partial charge in [-0.1, -0.05) is 6.07 Å². The minimum Gasteiger partial charge on any atom is -0.399 e. The average Bonchev–Trinajstić information content (AvgIpc) is 2.82. The van der Waals surface area contributed by atoms with Crippen molar-refractivity contribution in [2.75, 3.05) is 20.1 Å². The zero-order valence-electron chi connectivity index (χ0n) is 16.7. The molecule has 1 amide bonds. The minimum atomic E-state index is -0.637. The van der Waals surface area contributed by atoms with E-state index in [2.05, 4.69) is 5.32 Å². The monoisotopic (exact) mass is 398 g/mol. The molecule has 8 heteroatoms. The highest BCUT2D eigenvalue weighted by Crippen LogP contribution is 2.36. The van der Waals surface area contributed by atoms with E-state index in [1.54, 1.807) is 17.0 Å². The molecule has 2 aliphatic heterocycles. The number of carbonyl (C=O) groups excluding carboxylic acids is 1. The molecule has 0 saturated carbocycles. The first-order valence-electron chi connectivity index (χ1n) is 9.26. The second kappa shape index (κ2) is 8.07. The summed E-state index contributed by atoms with van der Waals surface area (Å²) in [6.45, 7) is 9.08. The van der Waals surface area contributed by atoms with Crippen LogP contribution in [0, 0.1) is 5.82 Å². The highest BCUT2D eigenvalue weighted by atomic mass is 35.5. The Balaban J connectivity index is 0.00000261. The summed E-state index contributed by atoms with van der Waals surface area (Å²) in [5.74, 6) is -0.795. The van der Waals surface area contributed by atoms with Crippen LogP contribution in [-0.2, 0) is 9.31 Å². The molecule has 0 aromatic heterocycles. The summed E-state index contributed by atoms with van der Waals surface area (Å²) < 4.78 is 26.6. The number of benzene rings is 1. The number of hydrogen-bond donors (Lipinski definition) is 1. The second-order valence-corrected chi connectivity index (χ2v) is 8.21. The molecular weight excluding hydrogens is 369 g/mol. The number of hydrogen-bond acceptors (Lipinski definition) is 4. The van der Waals surface area contributed by atoms with Crippen molar-refractivity contribution in [2.24, 2.45) is 0 Å². The number of amides is 1. The van der Waals surface area contributed by atoms with Gasteiger partial charge >= 0.3 is 7.12 Å². The molecule has 5 nitrogen and oxygen atoms in total. The van der Waals surface area contributed by atoms with Gasteiger partial charge in [0.15, 0.2) is 0 Å². The van der Waals surface area contributed by atoms with Gasteiger partial charge in [0.25, 0.3) is 5.91 Å². The second-order valence-electron chi connectivity index (χ2n) is 8.21. The third kappa shape index (κ3) is 4.31. The van der Waals surface area contributed by atoms with E-state index < -0.39 is 24.1 Å². The van der Waals surface area contributed by atoms with Gasteiger partial charge in [-0.2, -0.15) is 0 Å². The number of nitrogens with one attached hydrogen (secondary N) is 1. The van der Waals surface area contributed by atoms with E-state index in [-0.39, 0.29) is 29.9 Å². The van der Waals surface area contributed by atoms with E-state index in [9.17, 15) is 9.18 Å². The van der Waals surface area contributed by atoms with Crippen molar-refractivity contribution in [1.82, 2.24) is 10.2 Å². The number of halogens is 2. The smallest absolute Gasteiger partial charge is 0.399 e. The van der Waals surface area contributed by atoms with Gasteiger partial charge < -0.3 is 19.5 Å². The third-order valence-corrected chi connectivity index (χ3v) is 5.87. The van der Waals surface area contributed by atoms with E-state index in [0.29, 0.717) is 18.6 Å². The number of rotatable bonds is 3. The molecule has 2 heterocycles. The molecule has 2 fully saturated rings. The lowest BCUT2D eigenvalue weighted by Gasteiger charge is -2.32. The van der Waals surface area contributed by atoms with Crippen LogP contribution in [0.5, 0.6) is 0 Å². The molecule has 0 aliphatic carbocycles. The molecule has 1 atom stereocenters. The molecular formula is C19H29BClFN2O3. The van der Waals surface area contributed by atoms with Crippen LogP contribution in [-0.4, -0.2) is 55.3 Å². The van der Waals surface area contributed by atoms with Crippen molar-refractivity contribution in [3.63, 3.8) is 0 Å². The maximum Gasteiger partial charge on any atom is 0.494 e. The van der Waals surface area contributed by atoms with Crippen LogP contribution >= 0.6 is 12.4 Å². The Morgan fingerprint density at radius 1 is 1.26 bits per heavy atom. The summed E-state index contributed by atoms with van der Waals surface area (Å²) in [7, 11) is 1.25. The van der Waals surface area contributed by atoms with E-state index in [0.717, 1.165) is 12.8 Å². The van der Waals surface area contributed by atoms with Crippen LogP contribution in [0.15, 0.2) is 18.2 Å². The normalized spacial score (nSPS) is 23.9. The zero-order chi connectivity index (χ0) is 19.1. The van der Waals surface area contributed by atoms with Gasteiger partial charge in [-0.15, -0.1) is 12.4 Å². The lowest BCUT2D eigenvalue weighted by atomic mass is 9.78. The van der Waals surface area contributed by atoms with Crippen molar-refractivity contribution in [3.8, 4) is 0 Å². The molecule has 1 N–H and O–H groups in total. The quantitative estimate of drug-likeness (QED) is 0.794. The molecule has 27 heavy (non-hydrogen) atoms. The maximum atomic E-state index is 14.7. The molecule has 1 unspecified atom stereocenters. The molecule has 1 aromatic rings. The fourth-order valence-electron chi connectivity index (χ4n) is 3.40. The Morgan fingerprint density at radius 3 is 2.44 bits per heavy atom. The lowest BCUT2D eigenvalue weighted by molar-refractivity contribution is 0.00578. The SMILES string of the molecule is CNC1CCCN(C(=O)c2ccc(B3OC(C)(C)C(C)(C)O3)cc2F)C1.Cl. The highest BCUT2D eigenvalue weighted by molar-refractivity contribution is 6.62. The molecule has 2 saturated heterocycles. The zero-order valence-corrected chi connectivity index (χ0v) is 17.5. The van der Waals surface area contributed by atoms with Crippen molar-refractivity contribution < 1.29 is 18.5 Å². The number of likely N-dealkylation sites (tertiary alicyclic amines) is 1.